The monoisotopic (exact) mass is 295 g/mol. The summed E-state index contributed by atoms with van der Waals surface area (Å²) in [4.78, 5) is 26.4. The van der Waals surface area contributed by atoms with Crippen molar-refractivity contribution in [1.82, 2.24) is 4.90 Å². The normalized spacial score (nSPS) is 22.0. The van der Waals surface area contributed by atoms with E-state index in [4.69, 9.17) is 0 Å². The minimum atomic E-state index is -1.31. The maximum absolute atomic E-state index is 13.0. The summed E-state index contributed by atoms with van der Waals surface area (Å²) in [6.45, 7) is 3.10. The summed E-state index contributed by atoms with van der Waals surface area (Å²) < 4.78 is 0. The van der Waals surface area contributed by atoms with E-state index in [1.807, 2.05) is 4.90 Å². The van der Waals surface area contributed by atoms with Gasteiger partial charge in [0.25, 0.3) is 0 Å². The van der Waals surface area contributed by atoms with Gasteiger partial charge in [0.15, 0.2) is 0 Å². The van der Waals surface area contributed by atoms with E-state index in [0.717, 1.165) is 51.4 Å². The van der Waals surface area contributed by atoms with E-state index in [9.17, 15) is 14.7 Å². The molecule has 1 N–H and O–H groups in total. The Morgan fingerprint density at radius 3 is 1.57 bits per heavy atom. The first-order valence-electron chi connectivity index (χ1n) is 8.50. The molecule has 1 amide bonds. The van der Waals surface area contributed by atoms with Crippen LogP contribution in [-0.2, 0) is 9.59 Å². The van der Waals surface area contributed by atoms with E-state index in [0.29, 0.717) is 0 Å². The van der Waals surface area contributed by atoms with E-state index in [1.54, 1.807) is 13.8 Å². The highest BCUT2D eigenvalue weighted by Crippen LogP contribution is 2.33. The third-order valence-electron chi connectivity index (χ3n) is 5.24. The van der Waals surface area contributed by atoms with Crippen molar-refractivity contribution < 1.29 is 14.7 Å². The Hall–Kier alpha value is -1.06. The molecule has 0 aromatic heterocycles. The van der Waals surface area contributed by atoms with Gasteiger partial charge in [0.2, 0.25) is 5.91 Å². The third-order valence-corrected chi connectivity index (χ3v) is 5.24. The molecule has 0 heterocycles. The van der Waals surface area contributed by atoms with E-state index >= 15 is 0 Å². The van der Waals surface area contributed by atoms with Gasteiger partial charge in [-0.1, -0.05) is 38.5 Å². The summed E-state index contributed by atoms with van der Waals surface area (Å²) in [5, 5.41) is 9.41. The van der Waals surface area contributed by atoms with Gasteiger partial charge < -0.3 is 10.0 Å². The maximum atomic E-state index is 13.0. The second-order valence-electron chi connectivity index (χ2n) is 7.23. The van der Waals surface area contributed by atoms with Crippen molar-refractivity contribution in [3.63, 3.8) is 0 Å². The lowest BCUT2D eigenvalue weighted by molar-refractivity contribution is -0.161. The quantitative estimate of drug-likeness (QED) is 0.806. The molecule has 0 saturated heterocycles. The molecule has 21 heavy (non-hydrogen) atoms. The van der Waals surface area contributed by atoms with Crippen molar-refractivity contribution in [2.75, 3.05) is 0 Å². The van der Waals surface area contributed by atoms with E-state index in [2.05, 4.69) is 0 Å². The van der Waals surface area contributed by atoms with Crippen LogP contribution in [0.15, 0.2) is 0 Å². The zero-order valence-corrected chi connectivity index (χ0v) is 13.4. The number of hydrogen-bond donors (Lipinski definition) is 1. The van der Waals surface area contributed by atoms with Gasteiger partial charge in [0.1, 0.15) is 5.41 Å². The predicted octanol–water partition coefficient (Wildman–Crippen LogP) is 3.59. The Balaban J connectivity index is 2.21. The zero-order chi connectivity index (χ0) is 15.5. The highest BCUT2D eigenvalue weighted by Gasteiger charge is 2.44. The Kier molecular flexibility index (Phi) is 5.28. The van der Waals surface area contributed by atoms with Crippen LogP contribution in [0.2, 0.25) is 0 Å². The molecular weight excluding hydrogens is 266 g/mol. The second-order valence-corrected chi connectivity index (χ2v) is 7.23. The number of carboxylic acids is 1. The Morgan fingerprint density at radius 1 is 0.857 bits per heavy atom. The van der Waals surface area contributed by atoms with Gasteiger partial charge in [0.05, 0.1) is 0 Å². The lowest BCUT2D eigenvalue weighted by Gasteiger charge is -2.44. The lowest BCUT2D eigenvalue weighted by Crippen LogP contribution is -2.55. The molecule has 2 aliphatic rings. The first kappa shape index (κ1) is 16.3. The molecule has 0 bridgehead atoms. The largest absolute Gasteiger partial charge is 0.480 e. The van der Waals surface area contributed by atoms with Crippen molar-refractivity contribution in [1.29, 1.82) is 0 Å². The fourth-order valence-electron chi connectivity index (χ4n) is 3.76. The zero-order valence-electron chi connectivity index (χ0n) is 13.4. The molecule has 0 unspecified atom stereocenters. The number of carbonyl (C=O) groups excluding carboxylic acids is 1. The second kappa shape index (κ2) is 6.80. The van der Waals surface area contributed by atoms with E-state index < -0.39 is 11.4 Å². The van der Waals surface area contributed by atoms with Gasteiger partial charge in [0, 0.05) is 12.1 Å². The molecule has 2 aliphatic carbocycles. The molecule has 120 valence electrons. The minimum absolute atomic E-state index is 0.172. The van der Waals surface area contributed by atoms with E-state index in [1.165, 1.54) is 12.8 Å². The van der Waals surface area contributed by atoms with Crippen LogP contribution in [0.5, 0.6) is 0 Å². The van der Waals surface area contributed by atoms with Crippen molar-refractivity contribution in [2.45, 2.75) is 90.1 Å². The average Bonchev–Trinajstić information content (AvgIpc) is 2.49. The Bertz CT molecular complexity index is 361. The van der Waals surface area contributed by atoms with Crippen LogP contribution in [0.25, 0.3) is 0 Å². The predicted molar refractivity (Wildman–Crippen MR) is 82.0 cm³/mol. The van der Waals surface area contributed by atoms with Gasteiger partial charge in [-0.05, 0) is 39.5 Å². The highest BCUT2D eigenvalue weighted by molar-refractivity contribution is 6.01. The van der Waals surface area contributed by atoms with Gasteiger partial charge >= 0.3 is 5.97 Å². The molecular formula is C17H29NO3. The van der Waals surface area contributed by atoms with Crippen LogP contribution in [0, 0.1) is 5.41 Å². The maximum Gasteiger partial charge on any atom is 0.318 e. The van der Waals surface area contributed by atoms with Gasteiger partial charge in [-0.25, -0.2) is 0 Å². The summed E-state index contributed by atoms with van der Waals surface area (Å²) in [6, 6.07) is 0.515. The summed E-state index contributed by atoms with van der Waals surface area (Å²) in [6.07, 6.45) is 11.3. The van der Waals surface area contributed by atoms with E-state index in [-0.39, 0.29) is 18.0 Å². The number of rotatable bonds is 4. The van der Waals surface area contributed by atoms with Crippen LogP contribution in [-0.4, -0.2) is 34.0 Å². The molecule has 0 atom stereocenters. The van der Waals surface area contributed by atoms with Gasteiger partial charge in [-0.15, -0.1) is 0 Å². The number of carbonyl (C=O) groups is 2. The molecule has 0 radical (unpaired) electrons. The van der Waals surface area contributed by atoms with Crippen LogP contribution < -0.4 is 0 Å². The van der Waals surface area contributed by atoms with Crippen molar-refractivity contribution in [3.05, 3.63) is 0 Å². The minimum Gasteiger partial charge on any atom is -0.480 e. The highest BCUT2D eigenvalue weighted by atomic mass is 16.4. The van der Waals surface area contributed by atoms with Crippen LogP contribution in [0.3, 0.4) is 0 Å². The number of amides is 1. The molecule has 2 fully saturated rings. The lowest BCUT2D eigenvalue weighted by atomic mass is 9.84. The summed E-state index contributed by atoms with van der Waals surface area (Å²) in [7, 11) is 0. The molecule has 4 nitrogen and oxygen atoms in total. The first-order chi connectivity index (χ1) is 9.94. The fraction of sp³-hybridized carbons (Fsp3) is 0.882. The van der Waals surface area contributed by atoms with Crippen LogP contribution >= 0.6 is 0 Å². The smallest absolute Gasteiger partial charge is 0.318 e. The molecule has 2 saturated carbocycles. The average molecular weight is 295 g/mol. The van der Waals surface area contributed by atoms with Crippen LogP contribution in [0.1, 0.15) is 78.1 Å². The topological polar surface area (TPSA) is 57.6 Å². The SMILES string of the molecule is CC(C)(C(=O)O)C(=O)N(C1CCCCC1)C1CCCCC1. The molecule has 0 aliphatic heterocycles. The standard InChI is InChI=1S/C17H29NO3/c1-17(2,16(20)21)15(19)18(13-9-5-3-6-10-13)14-11-7-4-8-12-14/h13-14H,3-12H2,1-2H3,(H,20,21). The van der Waals surface area contributed by atoms with Crippen molar-refractivity contribution in [3.8, 4) is 0 Å². The van der Waals surface area contributed by atoms with Gasteiger partial charge in [-0.3, -0.25) is 9.59 Å². The molecule has 2 rings (SSSR count). The molecule has 0 spiro atoms. The Labute approximate surface area is 127 Å². The molecule has 0 aromatic rings. The van der Waals surface area contributed by atoms with Crippen molar-refractivity contribution >= 4 is 11.9 Å². The van der Waals surface area contributed by atoms with Crippen LogP contribution in [0.4, 0.5) is 0 Å². The summed E-state index contributed by atoms with van der Waals surface area (Å²) in [5.74, 6) is -1.18. The number of hydrogen-bond acceptors (Lipinski definition) is 2. The summed E-state index contributed by atoms with van der Waals surface area (Å²) >= 11 is 0. The van der Waals surface area contributed by atoms with Crippen molar-refractivity contribution in [2.24, 2.45) is 5.41 Å². The first-order valence-corrected chi connectivity index (χ1v) is 8.50. The molecule has 0 aromatic carbocycles. The summed E-state index contributed by atoms with van der Waals surface area (Å²) in [5.41, 5.74) is -1.31. The van der Waals surface area contributed by atoms with Gasteiger partial charge in [-0.2, -0.15) is 0 Å². The fourth-order valence-corrected chi connectivity index (χ4v) is 3.76. The number of nitrogens with zero attached hydrogens (tertiary/aromatic N) is 1. The third kappa shape index (κ3) is 3.58. The number of carboxylic acid groups (broad SMARTS) is 1. The Morgan fingerprint density at radius 2 is 1.24 bits per heavy atom. The number of aliphatic carboxylic acids is 1. The molecule has 4 heteroatoms.